The second-order valence-electron chi connectivity index (χ2n) is 8.01. The van der Waals surface area contributed by atoms with Gasteiger partial charge in [0.15, 0.2) is 8.32 Å². The Morgan fingerprint density at radius 3 is 2.38 bits per heavy atom. The number of benzene rings is 1. The minimum Gasteiger partial charge on any atom is -0.413 e. The Hall–Kier alpha value is -0.643. The number of aryl methyl sites for hydroxylation is 1. The van der Waals surface area contributed by atoms with E-state index in [1.54, 1.807) is 0 Å². The Labute approximate surface area is 131 Å². The lowest BCUT2D eigenvalue weighted by Gasteiger charge is -2.38. The fourth-order valence-electron chi connectivity index (χ4n) is 2.58. The average Bonchev–Trinajstić information content (AvgIpc) is 2.77. The van der Waals surface area contributed by atoms with Crippen LogP contribution in [-0.4, -0.2) is 32.4 Å². The molecule has 1 atom stereocenters. The van der Waals surface area contributed by atoms with Gasteiger partial charge in [-0.05, 0) is 37.0 Å². The van der Waals surface area contributed by atoms with E-state index in [1.165, 1.54) is 17.5 Å². The monoisotopic (exact) mass is 305 g/mol. The van der Waals surface area contributed by atoms with Crippen molar-refractivity contribution in [1.29, 1.82) is 0 Å². The zero-order valence-corrected chi connectivity index (χ0v) is 15.6. The Bertz CT molecular complexity index is 461. The molecule has 0 N–H and O–H groups in total. The molecule has 0 radical (unpaired) electrons. The van der Waals surface area contributed by atoms with Crippen molar-refractivity contribution in [3.63, 3.8) is 0 Å². The second kappa shape index (κ2) is 6.23. The normalized spacial score (nSPS) is 21.0. The molecule has 0 aliphatic carbocycles. The standard InChI is InChI=1S/C18H31NOSi/c1-15-7-9-16(10-8-15)13-19-12-11-17(14-19)20-21(5,6)18(2,3)4/h7-10,17H,11-14H2,1-6H3/t17-/m0/s1. The zero-order chi connectivity index (χ0) is 15.7. The van der Waals surface area contributed by atoms with Gasteiger partial charge in [0, 0.05) is 19.6 Å². The number of likely N-dealkylation sites (tertiary alicyclic amines) is 1. The fraction of sp³-hybridized carbons (Fsp3) is 0.667. The lowest BCUT2D eigenvalue weighted by Crippen LogP contribution is -2.44. The van der Waals surface area contributed by atoms with Gasteiger partial charge >= 0.3 is 0 Å². The molecule has 0 aromatic heterocycles. The summed E-state index contributed by atoms with van der Waals surface area (Å²) in [6.45, 7) is 17.1. The minimum absolute atomic E-state index is 0.303. The molecule has 1 heterocycles. The molecule has 2 rings (SSSR count). The van der Waals surface area contributed by atoms with Crippen molar-refractivity contribution in [3.05, 3.63) is 35.4 Å². The molecule has 1 aliphatic rings. The lowest BCUT2D eigenvalue weighted by atomic mass is 10.1. The van der Waals surface area contributed by atoms with Gasteiger partial charge in [-0.1, -0.05) is 50.6 Å². The highest BCUT2D eigenvalue weighted by atomic mass is 28.4. The van der Waals surface area contributed by atoms with Crippen LogP contribution in [0.2, 0.25) is 18.1 Å². The molecular weight excluding hydrogens is 274 g/mol. The van der Waals surface area contributed by atoms with Crippen molar-refractivity contribution in [2.24, 2.45) is 0 Å². The highest BCUT2D eigenvalue weighted by molar-refractivity contribution is 6.74. The van der Waals surface area contributed by atoms with Crippen molar-refractivity contribution in [2.75, 3.05) is 13.1 Å². The maximum Gasteiger partial charge on any atom is 0.192 e. The van der Waals surface area contributed by atoms with Crippen LogP contribution in [0, 0.1) is 6.92 Å². The first kappa shape index (κ1) is 16.7. The largest absolute Gasteiger partial charge is 0.413 e. The minimum atomic E-state index is -1.63. The molecule has 0 spiro atoms. The number of rotatable bonds is 4. The average molecular weight is 306 g/mol. The van der Waals surface area contributed by atoms with Crippen molar-refractivity contribution >= 4 is 8.32 Å². The molecule has 0 unspecified atom stereocenters. The van der Waals surface area contributed by atoms with Crippen LogP contribution in [-0.2, 0) is 11.0 Å². The third-order valence-electron chi connectivity index (χ3n) is 5.02. The van der Waals surface area contributed by atoms with Crippen LogP contribution in [0.3, 0.4) is 0 Å². The van der Waals surface area contributed by atoms with Gasteiger partial charge < -0.3 is 4.43 Å². The summed E-state index contributed by atoms with van der Waals surface area (Å²) in [5.41, 5.74) is 2.74. The predicted octanol–water partition coefficient (Wildman–Crippen LogP) is 4.59. The van der Waals surface area contributed by atoms with E-state index in [2.05, 4.69) is 70.0 Å². The molecule has 21 heavy (non-hydrogen) atoms. The van der Waals surface area contributed by atoms with Crippen LogP contribution in [0.15, 0.2) is 24.3 Å². The SMILES string of the molecule is Cc1ccc(CN2CC[C@H](O[Si](C)(C)C(C)(C)C)C2)cc1. The topological polar surface area (TPSA) is 12.5 Å². The summed E-state index contributed by atoms with van der Waals surface area (Å²) in [5, 5.41) is 0.303. The van der Waals surface area contributed by atoms with E-state index < -0.39 is 8.32 Å². The van der Waals surface area contributed by atoms with E-state index in [0.717, 1.165) is 19.6 Å². The summed E-state index contributed by atoms with van der Waals surface area (Å²) in [6, 6.07) is 8.90. The van der Waals surface area contributed by atoms with Crippen LogP contribution in [0.25, 0.3) is 0 Å². The Kier molecular flexibility index (Phi) is 4.96. The van der Waals surface area contributed by atoms with Crippen molar-refractivity contribution in [2.45, 2.75) is 64.9 Å². The molecule has 1 fully saturated rings. The van der Waals surface area contributed by atoms with E-state index in [-0.39, 0.29) is 0 Å². The molecule has 1 aromatic carbocycles. The van der Waals surface area contributed by atoms with E-state index in [9.17, 15) is 0 Å². The van der Waals surface area contributed by atoms with Crippen LogP contribution in [0.4, 0.5) is 0 Å². The maximum absolute atomic E-state index is 6.55. The third kappa shape index (κ3) is 4.41. The van der Waals surface area contributed by atoms with E-state index in [4.69, 9.17) is 4.43 Å². The molecule has 118 valence electrons. The zero-order valence-electron chi connectivity index (χ0n) is 14.6. The summed E-state index contributed by atoms with van der Waals surface area (Å²) < 4.78 is 6.55. The van der Waals surface area contributed by atoms with Crippen LogP contribution in [0.5, 0.6) is 0 Å². The third-order valence-corrected chi connectivity index (χ3v) is 9.56. The smallest absolute Gasteiger partial charge is 0.192 e. The molecule has 1 aromatic rings. The summed E-state index contributed by atoms with van der Waals surface area (Å²) in [5.74, 6) is 0. The molecule has 0 amide bonds. The van der Waals surface area contributed by atoms with Crippen LogP contribution in [0.1, 0.15) is 38.3 Å². The van der Waals surface area contributed by atoms with E-state index in [0.29, 0.717) is 11.1 Å². The highest BCUT2D eigenvalue weighted by Gasteiger charge is 2.40. The summed E-state index contributed by atoms with van der Waals surface area (Å²) in [6.07, 6.45) is 1.61. The summed E-state index contributed by atoms with van der Waals surface area (Å²) in [7, 11) is -1.63. The van der Waals surface area contributed by atoms with E-state index in [1.807, 2.05) is 0 Å². The number of hydrogen-bond donors (Lipinski definition) is 0. The van der Waals surface area contributed by atoms with Crippen molar-refractivity contribution < 1.29 is 4.43 Å². The second-order valence-corrected chi connectivity index (χ2v) is 12.8. The van der Waals surface area contributed by atoms with Crippen LogP contribution >= 0.6 is 0 Å². The summed E-state index contributed by atoms with van der Waals surface area (Å²) in [4.78, 5) is 2.53. The fourth-order valence-corrected chi connectivity index (χ4v) is 3.96. The highest BCUT2D eigenvalue weighted by Crippen LogP contribution is 2.38. The predicted molar refractivity (Wildman–Crippen MR) is 93.1 cm³/mol. The van der Waals surface area contributed by atoms with Gasteiger partial charge in [0.05, 0.1) is 6.10 Å². The van der Waals surface area contributed by atoms with Gasteiger partial charge in [0.2, 0.25) is 0 Å². The first-order chi connectivity index (χ1) is 9.67. The molecule has 2 nitrogen and oxygen atoms in total. The Morgan fingerprint density at radius 2 is 1.81 bits per heavy atom. The molecule has 1 aliphatic heterocycles. The number of hydrogen-bond acceptors (Lipinski definition) is 2. The molecular formula is C18H31NOSi. The Morgan fingerprint density at radius 1 is 1.19 bits per heavy atom. The Balaban J connectivity index is 1.88. The van der Waals surface area contributed by atoms with Gasteiger partial charge in [-0.15, -0.1) is 0 Å². The summed E-state index contributed by atoms with van der Waals surface area (Å²) >= 11 is 0. The van der Waals surface area contributed by atoms with Gasteiger partial charge in [-0.3, -0.25) is 4.90 Å². The first-order valence-electron chi connectivity index (χ1n) is 8.13. The van der Waals surface area contributed by atoms with Gasteiger partial charge in [-0.2, -0.15) is 0 Å². The number of nitrogens with zero attached hydrogens (tertiary/aromatic N) is 1. The lowest BCUT2D eigenvalue weighted by molar-refractivity contribution is 0.179. The maximum atomic E-state index is 6.55. The first-order valence-corrected chi connectivity index (χ1v) is 11.0. The van der Waals surface area contributed by atoms with Gasteiger partial charge in [-0.25, -0.2) is 0 Å². The molecule has 3 heteroatoms. The van der Waals surface area contributed by atoms with Gasteiger partial charge in [0.25, 0.3) is 0 Å². The van der Waals surface area contributed by atoms with E-state index >= 15 is 0 Å². The van der Waals surface area contributed by atoms with Crippen molar-refractivity contribution in [3.8, 4) is 0 Å². The molecule has 0 saturated carbocycles. The van der Waals surface area contributed by atoms with Gasteiger partial charge in [0.1, 0.15) is 0 Å². The quantitative estimate of drug-likeness (QED) is 0.754. The molecule has 0 bridgehead atoms. The van der Waals surface area contributed by atoms with Crippen molar-refractivity contribution in [1.82, 2.24) is 4.90 Å². The van der Waals surface area contributed by atoms with Crippen LogP contribution < -0.4 is 0 Å². The molecule has 1 saturated heterocycles.